The molecule has 0 saturated carbocycles. The summed E-state index contributed by atoms with van der Waals surface area (Å²) in [6, 6.07) is 5.94. The lowest BCUT2D eigenvalue weighted by Gasteiger charge is -2.15. The van der Waals surface area contributed by atoms with Crippen LogP contribution in [0.2, 0.25) is 0 Å². The summed E-state index contributed by atoms with van der Waals surface area (Å²) >= 11 is 1.62. The van der Waals surface area contributed by atoms with Crippen molar-refractivity contribution in [2.24, 2.45) is 0 Å². The Morgan fingerprint density at radius 1 is 1.18 bits per heavy atom. The summed E-state index contributed by atoms with van der Waals surface area (Å²) in [6.45, 7) is 12.2. The second-order valence-electron chi connectivity index (χ2n) is 6.78. The van der Waals surface area contributed by atoms with E-state index >= 15 is 0 Å². The quantitative estimate of drug-likeness (QED) is 0.324. The van der Waals surface area contributed by atoms with Crippen LogP contribution in [0.5, 0.6) is 0 Å². The number of pyridine rings is 1. The zero-order chi connectivity index (χ0) is 20.3. The molecule has 2 heterocycles. The first-order valence-corrected chi connectivity index (χ1v) is 10.1. The van der Waals surface area contributed by atoms with Gasteiger partial charge in [-0.3, -0.25) is 14.3 Å². The van der Waals surface area contributed by atoms with Gasteiger partial charge in [0, 0.05) is 35.8 Å². The highest BCUT2D eigenvalue weighted by atomic mass is 32.2. The minimum atomic E-state index is 0.107. The van der Waals surface area contributed by atoms with Crippen LogP contribution in [0.15, 0.2) is 48.4 Å². The third kappa shape index (κ3) is 3.92. The van der Waals surface area contributed by atoms with E-state index in [-0.39, 0.29) is 5.78 Å². The van der Waals surface area contributed by atoms with Crippen molar-refractivity contribution in [2.45, 2.75) is 45.1 Å². The molecule has 3 aromatic rings. The molecular formula is C22H24N4OS. The molecule has 0 aliphatic carbocycles. The van der Waals surface area contributed by atoms with Crippen molar-refractivity contribution in [1.29, 1.82) is 0 Å². The van der Waals surface area contributed by atoms with Crippen LogP contribution in [-0.4, -0.2) is 25.5 Å². The number of Topliss-reactive ketones (excluding diaryl/α,β-unsaturated/α-hetero) is 1. The van der Waals surface area contributed by atoms with Crippen LogP contribution in [0.1, 0.15) is 39.5 Å². The van der Waals surface area contributed by atoms with Crippen molar-refractivity contribution in [1.82, 2.24) is 19.7 Å². The van der Waals surface area contributed by atoms with Gasteiger partial charge in [0.25, 0.3) is 0 Å². The Balaban J connectivity index is 1.94. The van der Waals surface area contributed by atoms with Gasteiger partial charge in [-0.05, 0) is 62.1 Å². The Morgan fingerprint density at radius 3 is 2.54 bits per heavy atom. The molecule has 6 heteroatoms. The molecule has 0 N–H and O–H groups in total. The monoisotopic (exact) mass is 392 g/mol. The van der Waals surface area contributed by atoms with E-state index in [1.807, 2.05) is 32.1 Å². The van der Waals surface area contributed by atoms with E-state index in [4.69, 9.17) is 0 Å². The van der Waals surface area contributed by atoms with Gasteiger partial charge >= 0.3 is 0 Å². The van der Waals surface area contributed by atoms with Crippen molar-refractivity contribution >= 4 is 17.5 Å². The van der Waals surface area contributed by atoms with Crippen molar-refractivity contribution < 1.29 is 4.79 Å². The van der Waals surface area contributed by atoms with Gasteiger partial charge in [0.15, 0.2) is 16.8 Å². The smallest absolute Gasteiger partial charge is 0.192 e. The van der Waals surface area contributed by atoms with E-state index in [0.717, 1.165) is 39.0 Å². The molecule has 0 saturated heterocycles. The number of thioether (sulfide) groups is 1. The van der Waals surface area contributed by atoms with Gasteiger partial charge in [0.1, 0.15) is 0 Å². The van der Waals surface area contributed by atoms with Gasteiger partial charge in [-0.2, -0.15) is 0 Å². The molecule has 0 aliphatic heterocycles. The molecule has 2 aromatic heterocycles. The van der Waals surface area contributed by atoms with Gasteiger partial charge in [-0.25, -0.2) is 0 Å². The van der Waals surface area contributed by atoms with Crippen molar-refractivity contribution in [2.75, 3.05) is 0 Å². The Morgan fingerprint density at radius 2 is 1.89 bits per heavy atom. The summed E-state index contributed by atoms with van der Waals surface area (Å²) in [5, 5.41) is 9.62. The largest absolute Gasteiger partial charge is 0.298 e. The zero-order valence-corrected chi connectivity index (χ0v) is 17.5. The standard InChI is InChI=1S/C22H24N4OS/c1-6-11-26-21(18-7-9-23-10-8-18)24-25-22(26)28-13-19-14(2)12-15(3)20(16(19)4)17(5)27/h6-10,12H,1,11,13H2,2-5H3. The summed E-state index contributed by atoms with van der Waals surface area (Å²) in [7, 11) is 0. The normalized spacial score (nSPS) is 10.9. The molecule has 0 radical (unpaired) electrons. The number of aromatic nitrogens is 4. The molecule has 3 rings (SSSR count). The summed E-state index contributed by atoms with van der Waals surface area (Å²) in [5.74, 6) is 1.63. The molecule has 1 aromatic carbocycles. The molecule has 0 spiro atoms. The van der Waals surface area contributed by atoms with Gasteiger partial charge < -0.3 is 0 Å². The highest BCUT2D eigenvalue weighted by molar-refractivity contribution is 7.98. The number of nitrogens with zero attached hydrogens (tertiary/aromatic N) is 4. The van der Waals surface area contributed by atoms with Crippen LogP contribution in [-0.2, 0) is 12.3 Å². The van der Waals surface area contributed by atoms with E-state index in [2.05, 4.69) is 39.3 Å². The third-order valence-corrected chi connectivity index (χ3v) is 5.79. The fraction of sp³-hybridized carbons (Fsp3) is 0.273. The predicted octanol–water partition coefficient (Wildman–Crippen LogP) is 4.95. The van der Waals surface area contributed by atoms with Crippen LogP contribution >= 0.6 is 11.8 Å². The average molecular weight is 393 g/mol. The van der Waals surface area contributed by atoms with Crippen LogP contribution in [0.3, 0.4) is 0 Å². The number of carbonyl (C=O) groups is 1. The van der Waals surface area contributed by atoms with Crippen molar-refractivity contribution in [3.8, 4) is 11.4 Å². The van der Waals surface area contributed by atoms with E-state index < -0.39 is 0 Å². The average Bonchev–Trinajstić information content (AvgIpc) is 3.04. The fourth-order valence-corrected chi connectivity index (χ4v) is 4.66. The summed E-state index contributed by atoms with van der Waals surface area (Å²) in [6.07, 6.45) is 5.34. The SMILES string of the molecule is C=CCn1c(SCc2c(C)cc(C)c(C(C)=O)c2C)nnc1-c1ccncc1. The minimum absolute atomic E-state index is 0.107. The molecule has 28 heavy (non-hydrogen) atoms. The lowest BCUT2D eigenvalue weighted by molar-refractivity contribution is 0.101. The molecule has 0 bridgehead atoms. The predicted molar refractivity (Wildman–Crippen MR) is 114 cm³/mol. The van der Waals surface area contributed by atoms with Crippen LogP contribution in [0.4, 0.5) is 0 Å². The first kappa shape index (κ1) is 20.0. The van der Waals surface area contributed by atoms with Crippen molar-refractivity contribution in [3.05, 3.63) is 71.1 Å². The Bertz CT molecular complexity index is 1020. The fourth-order valence-electron chi connectivity index (χ4n) is 3.53. The summed E-state index contributed by atoms with van der Waals surface area (Å²) in [5.41, 5.74) is 6.26. The molecule has 0 unspecified atom stereocenters. The highest BCUT2D eigenvalue weighted by Gasteiger charge is 2.17. The van der Waals surface area contributed by atoms with Gasteiger partial charge in [-0.1, -0.05) is 23.9 Å². The molecule has 0 atom stereocenters. The summed E-state index contributed by atoms with van der Waals surface area (Å²) in [4.78, 5) is 16.1. The first-order chi connectivity index (χ1) is 13.4. The first-order valence-electron chi connectivity index (χ1n) is 9.12. The molecule has 0 aliphatic rings. The molecule has 5 nitrogen and oxygen atoms in total. The zero-order valence-electron chi connectivity index (χ0n) is 16.7. The third-order valence-electron chi connectivity index (χ3n) is 4.80. The second kappa shape index (κ2) is 8.52. The second-order valence-corrected chi connectivity index (χ2v) is 7.72. The number of benzene rings is 1. The summed E-state index contributed by atoms with van der Waals surface area (Å²) < 4.78 is 2.05. The highest BCUT2D eigenvalue weighted by Crippen LogP contribution is 2.31. The van der Waals surface area contributed by atoms with Crippen LogP contribution in [0, 0.1) is 20.8 Å². The number of carbonyl (C=O) groups excluding carboxylic acids is 1. The Labute approximate surface area is 169 Å². The van der Waals surface area contributed by atoms with Gasteiger partial charge in [0.2, 0.25) is 0 Å². The molecule has 0 fully saturated rings. The van der Waals surface area contributed by atoms with E-state index in [9.17, 15) is 4.79 Å². The Hall–Kier alpha value is -2.73. The number of ketones is 1. The number of hydrogen-bond donors (Lipinski definition) is 0. The lowest BCUT2D eigenvalue weighted by atomic mass is 9.92. The minimum Gasteiger partial charge on any atom is -0.298 e. The maximum atomic E-state index is 12.1. The van der Waals surface area contributed by atoms with Crippen LogP contribution < -0.4 is 0 Å². The van der Waals surface area contributed by atoms with E-state index in [0.29, 0.717) is 6.54 Å². The van der Waals surface area contributed by atoms with E-state index in [1.54, 1.807) is 31.1 Å². The van der Waals surface area contributed by atoms with Crippen LogP contribution in [0.25, 0.3) is 11.4 Å². The topological polar surface area (TPSA) is 60.7 Å². The maximum Gasteiger partial charge on any atom is 0.192 e. The number of hydrogen-bond acceptors (Lipinski definition) is 5. The maximum absolute atomic E-state index is 12.1. The van der Waals surface area contributed by atoms with Crippen molar-refractivity contribution in [3.63, 3.8) is 0 Å². The van der Waals surface area contributed by atoms with Gasteiger partial charge in [0.05, 0.1) is 0 Å². The molecule has 0 amide bonds. The van der Waals surface area contributed by atoms with Gasteiger partial charge in [-0.15, -0.1) is 16.8 Å². The number of allylic oxidation sites excluding steroid dienone is 1. The lowest BCUT2D eigenvalue weighted by Crippen LogP contribution is -2.06. The number of rotatable bonds is 7. The Kier molecular flexibility index (Phi) is 6.09. The number of aryl methyl sites for hydroxylation is 2. The molecule has 144 valence electrons. The molecular weight excluding hydrogens is 368 g/mol. The van der Waals surface area contributed by atoms with E-state index in [1.165, 1.54) is 11.1 Å².